The van der Waals surface area contributed by atoms with E-state index in [4.69, 9.17) is 0 Å². The SMILES string of the molecule is O=C(Nc1ccc(-n2c(C(F)(F)F)nc3cc(O)ccc32)cn1)c1ccccc1[N+](=O)[O-]. The van der Waals surface area contributed by atoms with E-state index >= 15 is 0 Å². The molecule has 0 aliphatic carbocycles. The van der Waals surface area contributed by atoms with Gasteiger partial charge in [0, 0.05) is 12.1 Å². The molecule has 0 saturated heterocycles. The molecule has 0 saturated carbocycles. The third-order valence-electron chi connectivity index (χ3n) is 4.48. The van der Waals surface area contributed by atoms with Crippen molar-refractivity contribution in [1.29, 1.82) is 0 Å². The number of halogens is 3. The zero-order valence-electron chi connectivity index (χ0n) is 15.9. The van der Waals surface area contributed by atoms with Gasteiger partial charge in [-0.05, 0) is 30.3 Å². The van der Waals surface area contributed by atoms with Gasteiger partial charge in [0.05, 0.1) is 27.8 Å². The molecule has 0 aliphatic rings. The predicted molar refractivity (Wildman–Crippen MR) is 107 cm³/mol. The van der Waals surface area contributed by atoms with Gasteiger partial charge in [-0.3, -0.25) is 19.5 Å². The maximum Gasteiger partial charge on any atom is 0.450 e. The van der Waals surface area contributed by atoms with Crippen LogP contribution in [0.4, 0.5) is 24.7 Å². The second kappa shape index (κ2) is 7.65. The molecule has 2 aromatic heterocycles. The van der Waals surface area contributed by atoms with Gasteiger partial charge in [-0.25, -0.2) is 9.97 Å². The van der Waals surface area contributed by atoms with Crippen LogP contribution in [0.1, 0.15) is 16.2 Å². The number of benzene rings is 2. The minimum absolute atomic E-state index is 0.00852. The van der Waals surface area contributed by atoms with Crippen molar-refractivity contribution < 1.29 is 28.0 Å². The number of alkyl halides is 3. The van der Waals surface area contributed by atoms with Gasteiger partial charge in [-0.2, -0.15) is 13.2 Å². The predicted octanol–water partition coefficient (Wildman–Crippen LogP) is 4.31. The molecular formula is C20H12F3N5O4. The number of aromatic hydroxyl groups is 1. The summed E-state index contributed by atoms with van der Waals surface area (Å²) in [4.78, 5) is 30.3. The van der Waals surface area contributed by atoms with Gasteiger partial charge >= 0.3 is 6.18 Å². The number of pyridine rings is 1. The van der Waals surface area contributed by atoms with Crippen LogP contribution in [0, 0.1) is 10.1 Å². The van der Waals surface area contributed by atoms with E-state index in [1.807, 2.05) is 0 Å². The van der Waals surface area contributed by atoms with Crippen LogP contribution >= 0.6 is 0 Å². The Balaban J connectivity index is 1.69. The minimum atomic E-state index is -4.78. The van der Waals surface area contributed by atoms with Crippen molar-refractivity contribution in [3.63, 3.8) is 0 Å². The highest BCUT2D eigenvalue weighted by atomic mass is 19.4. The number of hydrogen-bond acceptors (Lipinski definition) is 6. The molecule has 0 fully saturated rings. The van der Waals surface area contributed by atoms with Crippen molar-refractivity contribution in [2.24, 2.45) is 0 Å². The average molecular weight is 443 g/mol. The summed E-state index contributed by atoms with van der Waals surface area (Å²) in [6.07, 6.45) is -3.69. The number of nitro benzene ring substituents is 1. The standard InChI is InChI=1S/C20H12F3N5O4/c21-20(22,23)19-25-14-9-12(29)6-7-16(14)27(19)11-5-8-17(24-10-11)26-18(30)13-3-1-2-4-15(13)28(31)32/h1-10,29H,(H,24,26,30). The van der Waals surface area contributed by atoms with Gasteiger partial charge in [0.1, 0.15) is 17.1 Å². The van der Waals surface area contributed by atoms with E-state index in [1.165, 1.54) is 48.5 Å². The Morgan fingerprint density at radius 1 is 1.12 bits per heavy atom. The number of rotatable bonds is 4. The molecule has 2 aromatic carbocycles. The van der Waals surface area contributed by atoms with Crippen molar-refractivity contribution in [2.75, 3.05) is 5.32 Å². The smallest absolute Gasteiger partial charge is 0.450 e. The van der Waals surface area contributed by atoms with Crippen LogP contribution in [0.15, 0.2) is 60.8 Å². The molecule has 0 atom stereocenters. The average Bonchev–Trinajstić information content (AvgIpc) is 3.13. The van der Waals surface area contributed by atoms with Crippen LogP contribution < -0.4 is 5.32 Å². The molecule has 12 heteroatoms. The molecule has 1 amide bonds. The molecule has 0 radical (unpaired) electrons. The normalized spacial score (nSPS) is 11.5. The number of anilines is 1. The number of phenolic OH excluding ortho intramolecular Hbond substituents is 1. The maximum absolute atomic E-state index is 13.5. The number of para-hydroxylation sites is 1. The number of aromatic nitrogens is 3. The third kappa shape index (κ3) is 3.80. The summed E-state index contributed by atoms with van der Waals surface area (Å²) in [5.41, 5.74) is -0.554. The molecular weight excluding hydrogens is 431 g/mol. The van der Waals surface area contributed by atoms with E-state index in [0.717, 1.165) is 16.8 Å². The summed E-state index contributed by atoms with van der Waals surface area (Å²) in [6, 6.07) is 11.5. The number of amides is 1. The molecule has 32 heavy (non-hydrogen) atoms. The fourth-order valence-corrected chi connectivity index (χ4v) is 3.12. The summed E-state index contributed by atoms with van der Waals surface area (Å²) >= 11 is 0. The molecule has 162 valence electrons. The lowest BCUT2D eigenvalue weighted by Gasteiger charge is -2.12. The van der Waals surface area contributed by atoms with E-state index in [0.29, 0.717) is 0 Å². The zero-order valence-corrected chi connectivity index (χ0v) is 15.9. The number of hydrogen-bond donors (Lipinski definition) is 2. The molecule has 2 heterocycles. The molecule has 2 N–H and O–H groups in total. The summed E-state index contributed by atoms with van der Waals surface area (Å²) in [5, 5.41) is 23.0. The van der Waals surface area contributed by atoms with Crippen LogP contribution in [0.2, 0.25) is 0 Å². The van der Waals surface area contributed by atoms with Crippen LogP contribution in [0.3, 0.4) is 0 Å². The van der Waals surface area contributed by atoms with Crippen LogP contribution in [-0.4, -0.2) is 30.5 Å². The molecule has 0 aliphatic heterocycles. The molecule has 4 aromatic rings. The maximum atomic E-state index is 13.5. The van der Waals surface area contributed by atoms with E-state index in [-0.39, 0.29) is 33.9 Å². The molecule has 4 rings (SSSR count). The first-order chi connectivity index (χ1) is 15.1. The van der Waals surface area contributed by atoms with Crippen molar-refractivity contribution in [3.8, 4) is 11.4 Å². The van der Waals surface area contributed by atoms with E-state index in [1.54, 1.807) is 0 Å². The van der Waals surface area contributed by atoms with Crippen molar-refractivity contribution in [2.45, 2.75) is 6.18 Å². The quantitative estimate of drug-likeness (QED) is 0.358. The first-order valence-corrected chi connectivity index (χ1v) is 8.95. The zero-order chi connectivity index (χ0) is 23.0. The van der Waals surface area contributed by atoms with Gasteiger partial charge < -0.3 is 10.4 Å². The number of imidazole rings is 1. The van der Waals surface area contributed by atoms with Crippen molar-refractivity contribution in [3.05, 3.63) is 82.3 Å². The Kier molecular flexibility index (Phi) is 4.97. The van der Waals surface area contributed by atoms with Gasteiger partial charge in [-0.15, -0.1) is 0 Å². The number of phenols is 1. The van der Waals surface area contributed by atoms with Gasteiger partial charge in [0.25, 0.3) is 11.6 Å². The summed E-state index contributed by atoms with van der Waals surface area (Å²) < 4.78 is 41.4. The minimum Gasteiger partial charge on any atom is -0.508 e. The van der Waals surface area contributed by atoms with Crippen LogP contribution in [-0.2, 0) is 6.18 Å². The number of fused-ring (bicyclic) bond motifs is 1. The number of carbonyl (C=O) groups is 1. The summed E-state index contributed by atoms with van der Waals surface area (Å²) in [5.74, 6) is -2.26. The van der Waals surface area contributed by atoms with Gasteiger partial charge in [-0.1, -0.05) is 12.1 Å². The fraction of sp³-hybridized carbons (Fsp3) is 0.0500. The van der Waals surface area contributed by atoms with E-state index < -0.39 is 28.5 Å². The first-order valence-electron chi connectivity index (χ1n) is 8.95. The topological polar surface area (TPSA) is 123 Å². The largest absolute Gasteiger partial charge is 0.508 e. The van der Waals surface area contributed by atoms with Crippen molar-refractivity contribution in [1.82, 2.24) is 14.5 Å². The van der Waals surface area contributed by atoms with E-state index in [2.05, 4.69) is 15.3 Å². The van der Waals surface area contributed by atoms with Crippen LogP contribution in [0.25, 0.3) is 16.7 Å². The number of nitro groups is 1. The number of nitrogens with one attached hydrogen (secondary N) is 1. The Morgan fingerprint density at radius 3 is 2.53 bits per heavy atom. The second-order valence-corrected chi connectivity index (χ2v) is 6.57. The summed E-state index contributed by atoms with van der Waals surface area (Å²) in [7, 11) is 0. The highest BCUT2D eigenvalue weighted by Gasteiger charge is 2.38. The first kappa shape index (κ1) is 20.8. The summed E-state index contributed by atoms with van der Waals surface area (Å²) in [6.45, 7) is 0. The Bertz CT molecular complexity index is 1350. The number of carbonyl (C=O) groups excluding carboxylic acids is 1. The van der Waals surface area contributed by atoms with Gasteiger partial charge in [0.15, 0.2) is 0 Å². The lowest BCUT2D eigenvalue weighted by atomic mass is 10.1. The van der Waals surface area contributed by atoms with Gasteiger partial charge in [0.2, 0.25) is 5.82 Å². The monoisotopic (exact) mass is 443 g/mol. The fourth-order valence-electron chi connectivity index (χ4n) is 3.12. The number of nitrogens with zero attached hydrogens (tertiary/aromatic N) is 4. The third-order valence-corrected chi connectivity index (χ3v) is 4.48. The second-order valence-electron chi connectivity index (χ2n) is 6.57. The molecule has 0 bridgehead atoms. The van der Waals surface area contributed by atoms with E-state index in [9.17, 15) is 33.2 Å². The van der Waals surface area contributed by atoms with Crippen LogP contribution in [0.5, 0.6) is 5.75 Å². The lowest BCUT2D eigenvalue weighted by molar-refractivity contribution is -0.385. The molecule has 0 spiro atoms. The highest BCUT2D eigenvalue weighted by Crippen LogP contribution is 2.34. The molecule has 9 nitrogen and oxygen atoms in total. The lowest BCUT2D eigenvalue weighted by Crippen LogP contribution is -2.16. The highest BCUT2D eigenvalue weighted by molar-refractivity contribution is 6.06. The van der Waals surface area contributed by atoms with Crippen molar-refractivity contribution >= 4 is 28.4 Å². The Hall–Kier alpha value is -4.48. The Labute approximate surface area is 176 Å². The Morgan fingerprint density at radius 2 is 1.88 bits per heavy atom. The molecule has 0 unspecified atom stereocenters.